The van der Waals surface area contributed by atoms with Crippen LogP contribution in [0.2, 0.25) is 0 Å². The largest absolute Gasteiger partial charge is 0.477 e. The van der Waals surface area contributed by atoms with E-state index in [-0.39, 0.29) is 12.5 Å². The number of anilines is 1. The normalized spacial score (nSPS) is 15.1. The molecular weight excluding hydrogens is 452 g/mol. The first kappa shape index (κ1) is 21.9. The third-order valence-corrected chi connectivity index (χ3v) is 6.43. The van der Waals surface area contributed by atoms with E-state index in [4.69, 9.17) is 10.5 Å². The number of ether oxygens (including phenoxy) is 1. The summed E-state index contributed by atoms with van der Waals surface area (Å²) >= 11 is 1.43. The van der Waals surface area contributed by atoms with E-state index < -0.39 is 12.0 Å². The van der Waals surface area contributed by atoms with Crippen molar-refractivity contribution in [1.82, 2.24) is 19.6 Å². The average molecular weight is 475 g/mol. The van der Waals surface area contributed by atoms with Crippen molar-refractivity contribution in [3.63, 3.8) is 0 Å². The minimum absolute atomic E-state index is 0.0466. The first-order valence-corrected chi connectivity index (χ1v) is 11.7. The van der Waals surface area contributed by atoms with Crippen molar-refractivity contribution in [2.45, 2.75) is 30.9 Å². The van der Waals surface area contributed by atoms with Gasteiger partial charge in [-0.15, -0.1) is 5.10 Å². The highest BCUT2D eigenvalue weighted by atomic mass is 32.2. The third kappa shape index (κ3) is 4.08. The van der Waals surface area contributed by atoms with Crippen molar-refractivity contribution in [3.8, 4) is 5.75 Å². The van der Waals surface area contributed by atoms with Crippen molar-refractivity contribution in [1.29, 1.82) is 0 Å². The number of hydrogen-bond donors (Lipinski definition) is 1. The summed E-state index contributed by atoms with van der Waals surface area (Å²) in [5.41, 5.74) is 9.29. The summed E-state index contributed by atoms with van der Waals surface area (Å²) in [5, 5.41) is 5.11. The summed E-state index contributed by atoms with van der Waals surface area (Å²) in [6.45, 7) is 3.92. The van der Waals surface area contributed by atoms with Gasteiger partial charge >= 0.3 is 0 Å². The van der Waals surface area contributed by atoms with Crippen LogP contribution in [0.3, 0.4) is 0 Å². The zero-order valence-corrected chi connectivity index (χ0v) is 19.5. The molecule has 0 spiro atoms. The highest BCUT2D eigenvalue weighted by Gasteiger charge is 2.33. The fourth-order valence-electron chi connectivity index (χ4n) is 3.93. The standard InChI is InChI=1S/C24H22N6O3S/c1-14-11-15(2)30-23(26-14)27-24(28-30)34-13-16-7-3-4-8-17(16)22(32)29-12-20(21(25)31)33-19-10-6-5-9-18(19)29/h3-11,20H,12-13H2,1-2H3,(H2,25,31)/t20-/m0/s1. The predicted molar refractivity (Wildman–Crippen MR) is 128 cm³/mol. The Balaban J connectivity index is 1.42. The summed E-state index contributed by atoms with van der Waals surface area (Å²) in [4.78, 5) is 36.0. The van der Waals surface area contributed by atoms with Crippen molar-refractivity contribution in [2.75, 3.05) is 11.4 Å². The molecule has 2 amide bonds. The fraction of sp³-hybridized carbons (Fsp3) is 0.208. The molecule has 2 aromatic heterocycles. The number of thioether (sulfide) groups is 1. The van der Waals surface area contributed by atoms with E-state index in [1.165, 1.54) is 11.8 Å². The third-order valence-electron chi connectivity index (χ3n) is 5.54. The summed E-state index contributed by atoms with van der Waals surface area (Å²) in [7, 11) is 0. The number of nitrogens with two attached hydrogens (primary N) is 1. The Hall–Kier alpha value is -3.92. The van der Waals surface area contributed by atoms with Gasteiger partial charge < -0.3 is 15.4 Å². The molecule has 9 nitrogen and oxygen atoms in total. The van der Waals surface area contributed by atoms with Gasteiger partial charge in [-0.1, -0.05) is 42.1 Å². The molecule has 0 unspecified atom stereocenters. The Morgan fingerprint density at radius 1 is 1.12 bits per heavy atom. The Morgan fingerprint density at radius 2 is 1.88 bits per heavy atom. The maximum atomic E-state index is 13.6. The van der Waals surface area contributed by atoms with E-state index in [0.717, 1.165) is 17.0 Å². The second kappa shape index (κ2) is 8.79. The number of para-hydroxylation sites is 2. The van der Waals surface area contributed by atoms with Crippen LogP contribution in [0.4, 0.5) is 5.69 Å². The minimum atomic E-state index is -0.915. The molecule has 3 heterocycles. The van der Waals surface area contributed by atoms with Crippen molar-refractivity contribution < 1.29 is 14.3 Å². The number of aromatic nitrogens is 4. The Kier molecular flexibility index (Phi) is 5.66. The quantitative estimate of drug-likeness (QED) is 0.442. The maximum absolute atomic E-state index is 13.6. The fourth-order valence-corrected chi connectivity index (χ4v) is 4.75. The summed E-state index contributed by atoms with van der Waals surface area (Å²) < 4.78 is 7.40. The second-order valence-electron chi connectivity index (χ2n) is 7.98. The van der Waals surface area contributed by atoms with Crippen LogP contribution in [0.25, 0.3) is 5.78 Å². The molecule has 0 fully saturated rings. The zero-order chi connectivity index (χ0) is 23.8. The molecule has 2 aromatic carbocycles. The van der Waals surface area contributed by atoms with Gasteiger partial charge in [-0.2, -0.15) is 4.98 Å². The number of carbonyl (C=O) groups is 2. The van der Waals surface area contributed by atoms with Gasteiger partial charge in [0.15, 0.2) is 6.10 Å². The van der Waals surface area contributed by atoms with Crippen molar-refractivity contribution >= 4 is 35.0 Å². The van der Waals surface area contributed by atoms with Crippen LogP contribution in [-0.2, 0) is 10.5 Å². The van der Waals surface area contributed by atoms with E-state index in [1.807, 2.05) is 44.2 Å². The van der Waals surface area contributed by atoms with E-state index in [2.05, 4.69) is 15.1 Å². The smallest absolute Gasteiger partial charge is 0.260 e. The topological polar surface area (TPSA) is 116 Å². The van der Waals surface area contributed by atoms with Crippen LogP contribution in [0.15, 0.2) is 59.8 Å². The lowest BCUT2D eigenvalue weighted by atomic mass is 10.1. The van der Waals surface area contributed by atoms with Gasteiger partial charge in [0, 0.05) is 22.7 Å². The van der Waals surface area contributed by atoms with Gasteiger partial charge in [-0.3, -0.25) is 9.59 Å². The first-order valence-electron chi connectivity index (χ1n) is 10.7. The van der Waals surface area contributed by atoms with Crippen LogP contribution in [-0.4, -0.2) is 44.0 Å². The van der Waals surface area contributed by atoms with Crippen LogP contribution >= 0.6 is 11.8 Å². The van der Waals surface area contributed by atoms with Gasteiger partial charge in [0.05, 0.1) is 12.2 Å². The van der Waals surface area contributed by atoms with E-state index in [0.29, 0.717) is 33.7 Å². The number of benzene rings is 2. The highest BCUT2D eigenvalue weighted by Crippen LogP contribution is 2.35. The Labute approximate surface area is 199 Å². The van der Waals surface area contributed by atoms with Crippen LogP contribution in [0, 0.1) is 13.8 Å². The summed E-state index contributed by atoms with van der Waals surface area (Å²) in [6, 6.07) is 16.5. The van der Waals surface area contributed by atoms with E-state index >= 15 is 0 Å². The molecule has 5 rings (SSSR count). The van der Waals surface area contributed by atoms with Gasteiger partial charge in [0.25, 0.3) is 17.6 Å². The molecule has 1 aliphatic heterocycles. The van der Waals surface area contributed by atoms with Gasteiger partial charge in [-0.05, 0) is 43.7 Å². The average Bonchev–Trinajstić information content (AvgIpc) is 3.25. The zero-order valence-electron chi connectivity index (χ0n) is 18.6. The van der Waals surface area contributed by atoms with Crippen LogP contribution in [0.5, 0.6) is 5.75 Å². The maximum Gasteiger partial charge on any atom is 0.260 e. The van der Waals surface area contributed by atoms with E-state index in [1.54, 1.807) is 33.7 Å². The molecule has 1 atom stereocenters. The number of aryl methyl sites for hydroxylation is 2. The Morgan fingerprint density at radius 3 is 2.71 bits per heavy atom. The number of primary amides is 1. The number of fused-ring (bicyclic) bond motifs is 2. The predicted octanol–water partition coefficient (Wildman–Crippen LogP) is 2.93. The minimum Gasteiger partial charge on any atom is -0.477 e. The van der Waals surface area contributed by atoms with Crippen LogP contribution < -0.4 is 15.4 Å². The molecule has 2 N–H and O–H groups in total. The number of hydrogen-bond acceptors (Lipinski definition) is 7. The summed E-state index contributed by atoms with van der Waals surface area (Å²) in [6.07, 6.45) is -0.915. The number of nitrogens with zero attached hydrogens (tertiary/aromatic N) is 5. The Bertz CT molecular complexity index is 1420. The number of amides is 2. The molecule has 10 heteroatoms. The molecule has 172 valence electrons. The van der Waals surface area contributed by atoms with Gasteiger partial charge in [-0.25, -0.2) is 9.50 Å². The number of carbonyl (C=O) groups excluding carboxylic acids is 2. The highest BCUT2D eigenvalue weighted by molar-refractivity contribution is 7.98. The SMILES string of the molecule is Cc1cc(C)n2nc(SCc3ccccc3C(=O)N3C[C@@H](C(N)=O)Oc4ccccc43)nc2n1. The lowest BCUT2D eigenvalue weighted by Gasteiger charge is -2.33. The van der Waals surface area contributed by atoms with Crippen molar-refractivity contribution in [3.05, 3.63) is 77.1 Å². The van der Waals surface area contributed by atoms with Gasteiger partial charge in [0.2, 0.25) is 5.16 Å². The molecule has 0 saturated carbocycles. The van der Waals surface area contributed by atoms with Crippen molar-refractivity contribution in [2.24, 2.45) is 5.73 Å². The molecule has 34 heavy (non-hydrogen) atoms. The lowest BCUT2D eigenvalue weighted by molar-refractivity contribution is -0.124. The molecule has 0 bridgehead atoms. The molecule has 1 aliphatic rings. The molecule has 0 saturated heterocycles. The van der Waals surface area contributed by atoms with E-state index in [9.17, 15) is 9.59 Å². The molecule has 0 radical (unpaired) electrons. The van der Waals surface area contributed by atoms with Crippen LogP contribution in [0.1, 0.15) is 27.3 Å². The first-order chi connectivity index (χ1) is 16.4. The molecule has 0 aliphatic carbocycles. The monoisotopic (exact) mass is 474 g/mol. The second-order valence-corrected chi connectivity index (χ2v) is 8.93. The molecule has 4 aromatic rings. The molecular formula is C24H22N6O3S. The summed E-state index contributed by atoms with van der Waals surface area (Å²) in [5.74, 6) is 0.640. The number of rotatable bonds is 5. The van der Waals surface area contributed by atoms with Gasteiger partial charge in [0.1, 0.15) is 5.75 Å². The lowest BCUT2D eigenvalue weighted by Crippen LogP contribution is -2.49.